The molecule has 3 rings (SSSR count). The zero-order valence-electron chi connectivity index (χ0n) is 12.7. The molecule has 0 unspecified atom stereocenters. The van der Waals surface area contributed by atoms with Crippen molar-refractivity contribution in [2.24, 2.45) is 5.73 Å². The average Bonchev–Trinajstić information content (AvgIpc) is 3.05. The molecule has 4 N–H and O–H groups in total. The van der Waals surface area contributed by atoms with Crippen LogP contribution in [0.1, 0.15) is 33.7 Å². The van der Waals surface area contributed by atoms with E-state index in [1.54, 1.807) is 6.20 Å². The minimum absolute atomic E-state index is 0.0336. The Hall–Kier alpha value is -1.86. The molecule has 2 saturated heterocycles. The highest BCUT2D eigenvalue weighted by Gasteiger charge is 2.27. The third kappa shape index (κ3) is 3.15. The number of nitrogens with two attached hydrogens (primary N) is 1. The second kappa shape index (κ2) is 6.50. The van der Waals surface area contributed by atoms with Gasteiger partial charge in [-0.15, -0.1) is 0 Å². The molecule has 1 aromatic heterocycles. The Labute approximate surface area is 129 Å². The van der Waals surface area contributed by atoms with Crippen molar-refractivity contribution in [3.63, 3.8) is 0 Å². The summed E-state index contributed by atoms with van der Waals surface area (Å²) < 4.78 is 0. The van der Waals surface area contributed by atoms with Gasteiger partial charge in [-0.2, -0.15) is 0 Å². The summed E-state index contributed by atoms with van der Waals surface area (Å²) in [6.07, 6.45) is 3.93. The predicted octanol–water partition coefficient (Wildman–Crippen LogP) is -0.377. The molecule has 2 aliphatic heterocycles. The molecule has 0 atom stereocenters. The second-order valence-corrected chi connectivity index (χ2v) is 5.98. The lowest BCUT2D eigenvalue weighted by Crippen LogP contribution is -2.53. The zero-order chi connectivity index (χ0) is 15.5. The van der Waals surface area contributed by atoms with Crippen molar-refractivity contribution in [2.45, 2.75) is 18.9 Å². The molecular weight excluding hydrogens is 282 g/mol. The fourth-order valence-electron chi connectivity index (χ4n) is 3.30. The molecule has 2 amide bonds. The molecule has 0 radical (unpaired) electrons. The molecule has 2 fully saturated rings. The minimum Gasteiger partial charge on any atom is -0.364 e. The number of piperazine rings is 1. The van der Waals surface area contributed by atoms with E-state index in [0.717, 1.165) is 39.3 Å². The Morgan fingerprint density at radius 2 is 1.82 bits per heavy atom. The SMILES string of the molecule is NC(=O)c1cc(C(=O)N2CCN(C3CCNCC3)CC2)c[nH]1. The van der Waals surface area contributed by atoms with E-state index in [4.69, 9.17) is 5.73 Å². The number of nitrogens with zero attached hydrogens (tertiary/aromatic N) is 2. The normalized spacial score (nSPS) is 21.0. The van der Waals surface area contributed by atoms with Crippen LogP contribution in [0.3, 0.4) is 0 Å². The van der Waals surface area contributed by atoms with E-state index in [2.05, 4.69) is 15.2 Å². The van der Waals surface area contributed by atoms with Crippen LogP contribution in [0.15, 0.2) is 12.3 Å². The van der Waals surface area contributed by atoms with Crippen LogP contribution in [0.2, 0.25) is 0 Å². The molecule has 0 saturated carbocycles. The zero-order valence-corrected chi connectivity index (χ0v) is 12.7. The first-order chi connectivity index (χ1) is 10.6. The van der Waals surface area contributed by atoms with Crippen molar-refractivity contribution in [1.82, 2.24) is 20.1 Å². The summed E-state index contributed by atoms with van der Waals surface area (Å²) in [6, 6.07) is 2.18. The van der Waals surface area contributed by atoms with Crippen LogP contribution >= 0.6 is 0 Å². The van der Waals surface area contributed by atoms with E-state index < -0.39 is 5.91 Å². The lowest BCUT2D eigenvalue weighted by atomic mass is 10.0. The van der Waals surface area contributed by atoms with Gasteiger partial charge in [0, 0.05) is 38.4 Å². The van der Waals surface area contributed by atoms with Gasteiger partial charge in [-0.25, -0.2) is 0 Å². The maximum atomic E-state index is 12.4. The van der Waals surface area contributed by atoms with Gasteiger partial charge in [0.05, 0.1) is 5.56 Å². The predicted molar refractivity (Wildman–Crippen MR) is 82.7 cm³/mol. The summed E-state index contributed by atoms with van der Waals surface area (Å²) in [4.78, 5) is 30.6. The highest BCUT2D eigenvalue weighted by molar-refractivity contribution is 5.98. The number of piperidine rings is 1. The minimum atomic E-state index is -0.547. The van der Waals surface area contributed by atoms with Crippen LogP contribution in [-0.2, 0) is 0 Å². The number of carbonyl (C=O) groups is 2. The third-order valence-electron chi connectivity index (χ3n) is 4.62. The fraction of sp³-hybridized carbons (Fsp3) is 0.600. The first-order valence-electron chi connectivity index (χ1n) is 7.87. The van der Waals surface area contributed by atoms with Gasteiger partial charge < -0.3 is 20.9 Å². The van der Waals surface area contributed by atoms with Gasteiger partial charge in [-0.05, 0) is 32.0 Å². The topological polar surface area (TPSA) is 94.5 Å². The van der Waals surface area contributed by atoms with E-state index in [9.17, 15) is 9.59 Å². The lowest BCUT2D eigenvalue weighted by Gasteiger charge is -2.40. The molecule has 120 valence electrons. The summed E-state index contributed by atoms with van der Waals surface area (Å²) in [5.41, 5.74) is 5.98. The van der Waals surface area contributed by atoms with Crippen molar-refractivity contribution < 1.29 is 9.59 Å². The standard InChI is InChI=1S/C15H23N5O2/c16-14(21)13-9-11(10-18-13)15(22)20-7-5-19(6-8-20)12-1-3-17-4-2-12/h9-10,12,17-18H,1-8H2,(H2,16,21). The van der Waals surface area contributed by atoms with Gasteiger partial charge in [0.1, 0.15) is 5.69 Å². The van der Waals surface area contributed by atoms with Gasteiger partial charge in [0.15, 0.2) is 0 Å². The largest absolute Gasteiger partial charge is 0.364 e. The first-order valence-corrected chi connectivity index (χ1v) is 7.87. The van der Waals surface area contributed by atoms with Crippen LogP contribution in [0.4, 0.5) is 0 Å². The Balaban J connectivity index is 1.55. The number of hydrogen-bond acceptors (Lipinski definition) is 4. The Morgan fingerprint density at radius 1 is 1.14 bits per heavy atom. The summed E-state index contributed by atoms with van der Waals surface area (Å²) in [7, 11) is 0. The number of aromatic nitrogens is 1. The fourth-order valence-corrected chi connectivity index (χ4v) is 3.30. The molecule has 22 heavy (non-hydrogen) atoms. The molecule has 2 aliphatic rings. The number of amides is 2. The summed E-state index contributed by atoms with van der Waals surface area (Å²) >= 11 is 0. The van der Waals surface area contributed by atoms with Crippen molar-refractivity contribution in [2.75, 3.05) is 39.3 Å². The molecule has 0 aromatic carbocycles. The number of H-pyrrole nitrogens is 1. The molecule has 0 spiro atoms. The van der Waals surface area contributed by atoms with Crippen LogP contribution in [0.5, 0.6) is 0 Å². The van der Waals surface area contributed by atoms with Crippen LogP contribution in [-0.4, -0.2) is 71.9 Å². The van der Waals surface area contributed by atoms with Gasteiger partial charge in [0.25, 0.3) is 11.8 Å². The third-order valence-corrected chi connectivity index (χ3v) is 4.62. The highest BCUT2D eigenvalue weighted by atomic mass is 16.2. The van der Waals surface area contributed by atoms with E-state index in [0.29, 0.717) is 11.6 Å². The van der Waals surface area contributed by atoms with Crippen LogP contribution < -0.4 is 11.1 Å². The van der Waals surface area contributed by atoms with Gasteiger partial charge in [0.2, 0.25) is 0 Å². The average molecular weight is 305 g/mol. The van der Waals surface area contributed by atoms with Crippen molar-refractivity contribution in [1.29, 1.82) is 0 Å². The number of primary amides is 1. The summed E-state index contributed by atoms with van der Waals surface area (Å²) in [5, 5.41) is 3.38. The van der Waals surface area contributed by atoms with E-state index in [-0.39, 0.29) is 11.6 Å². The van der Waals surface area contributed by atoms with Crippen molar-refractivity contribution in [3.8, 4) is 0 Å². The number of aromatic amines is 1. The van der Waals surface area contributed by atoms with Gasteiger partial charge >= 0.3 is 0 Å². The molecule has 0 aliphatic carbocycles. The lowest BCUT2D eigenvalue weighted by molar-refractivity contribution is 0.0532. The number of nitrogens with one attached hydrogen (secondary N) is 2. The molecule has 0 bridgehead atoms. The number of rotatable bonds is 3. The molecule has 7 nitrogen and oxygen atoms in total. The maximum Gasteiger partial charge on any atom is 0.265 e. The molecule has 1 aromatic rings. The smallest absolute Gasteiger partial charge is 0.265 e. The highest BCUT2D eigenvalue weighted by Crippen LogP contribution is 2.16. The van der Waals surface area contributed by atoms with Crippen LogP contribution in [0, 0.1) is 0 Å². The van der Waals surface area contributed by atoms with Crippen molar-refractivity contribution >= 4 is 11.8 Å². The second-order valence-electron chi connectivity index (χ2n) is 5.98. The molecule has 7 heteroatoms. The molecule has 3 heterocycles. The maximum absolute atomic E-state index is 12.4. The van der Waals surface area contributed by atoms with E-state index in [1.165, 1.54) is 18.9 Å². The first kappa shape index (κ1) is 15.1. The van der Waals surface area contributed by atoms with Gasteiger partial charge in [-0.3, -0.25) is 14.5 Å². The summed E-state index contributed by atoms with van der Waals surface area (Å²) in [5.74, 6) is -0.580. The number of hydrogen-bond donors (Lipinski definition) is 3. The summed E-state index contributed by atoms with van der Waals surface area (Å²) in [6.45, 7) is 5.48. The monoisotopic (exact) mass is 305 g/mol. The Kier molecular flexibility index (Phi) is 4.44. The Bertz CT molecular complexity index is 542. The van der Waals surface area contributed by atoms with Crippen molar-refractivity contribution in [3.05, 3.63) is 23.5 Å². The van der Waals surface area contributed by atoms with E-state index in [1.807, 2.05) is 4.90 Å². The van der Waals surface area contributed by atoms with E-state index >= 15 is 0 Å². The number of carbonyl (C=O) groups excluding carboxylic acids is 2. The van der Waals surface area contributed by atoms with Gasteiger partial charge in [-0.1, -0.05) is 0 Å². The molecular formula is C15H23N5O2. The quantitative estimate of drug-likeness (QED) is 0.710. The Morgan fingerprint density at radius 3 is 2.41 bits per heavy atom. The van der Waals surface area contributed by atoms with Crippen LogP contribution in [0.25, 0.3) is 0 Å².